The highest BCUT2D eigenvalue weighted by atomic mass is 16.2. The number of rotatable bonds is 7. The molecule has 35 heavy (non-hydrogen) atoms. The van der Waals surface area contributed by atoms with Gasteiger partial charge in [0.1, 0.15) is 11.7 Å². The van der Waals surface area contributed by atoms with Crippen LogP contribution in [-0.4, -0.2) is 54.9 Å². The van der Waals surface area contributed by atoms with E-state index in [0.29, 0.717) is 11.8 Å². The molecule has 1 saturated heterocycles. The van der Waals surface area contributed by atoms with Crippen LogP contribution in [0.5, 0.6) is 0 Å². The number of amidine groups is 1. The Morgan fingerprint density at radius 2 is 1.83 bits per heavy atom. The van der Waals surface area contributed by atoms with Crippen LogP contribution >= 0.6 is 0 Å². The zero-order valence-corrected chi connectivity index (χ0v) is 20.6. The molecule has 0 aliphatic carbocycles. The summed E-state index contributed by atoms with van der Waals surface area (Å²) in [6.45, 7) is 8.05. The summed E-state index contributed by atoms with van der Waals surface area (Å²) in [5.74, 6) is 1.91. The molecule has 2 amide bonds. The molecule has 5 N–H and O–H groups in total. The first-order chi connectivity index (χ1) is 16.9. The van der Waals surface area contributed by atoms with Gasteiger partial charge >= 0.3 is 6.03 Å². The quantitative estimate of drug-likeness (QED) is 0.416. The zero-order valence-electron chi connectivity index (χ0n) is 20.6. The number of carbonyl (C=O) groups excluding carboxylic acids is 1. The van der Waals surface area contributed by atoms with E-state index in [9.17, 15) is 4.79 Å². The van der Waals surface area contributed by atoms with Gasteiger partial charge in [0.25, 0.3) is 0 Å². The molecule has 1 unspecified atom stereocenters. The molecule has 0 spiro atoms. The number of benzene rings is 2. The van der Waals surface area contributed by atoms with Crippen molar-refractivity contribution in [2.24, 2.45) is 5.92 Å². The molecule has 0 radical (unpaired) electrons. The predicted molar refractivity (Wildman–Crippen MR) is 142 cm³/mol. The minimum absolute atomic E-state index is 0.154. The van der Waals surface area contributed by atoms with Gasteiger partial charge in [-0.2, -0.15) is 0 Å². The molecule has 0 saturated carbocycles. The molecule has 0 aromatic heterocycles. The van der Waals surface area contributed by atoms with Crippen molar-refractivity contribution in [2.45, 2.75) is 19.9 Å². The largest absolute Gasteiger partial charge is 0.374 e. The molecule has 8 nitrogen and oxygen atoms in total. The number of hydrogen-bond donors (Lipinski definition) is 5. The summed E-state index contributed by atoms with van der Waals surface area (Å²) in [6, 6.07) is 17.4. The van der Waals surface area contributed by atoms with E-state index in [1.165, 1.54) is 0 Å². The Labute approximate surface area is 207 Å². The number of urea groups is 1. The normalized spacial score (nSPS) is 19.5. The highest BCUT2D eigenvalue weighted by Crippen LogP contribution is 2.30. The highest BCUT2D eigenvalue weighted by Gasteiger charge is 2.31. The van der Waals surface area contributed by atoms with E-state index in [2.05, 4.69) is 57.0 Å². The van der Waals surface area contributed by atoms with Gasteiger partial charge in [-0.05, 0) is 41.8 Å². The first kappa shape index (κ1) is 24.3. The number of amides is 2. The molecule has 184 valence electrons. The van der Waals surface area contributed by atoms with E-state index < -0.39 is 0 Å². The van der Waals surface area contributed by atoms with E-state index in [1.807, 2.05) is 55.6 Å². The minimum atomic E-state index is -0.265. The van der Waals surface area contributed by atoms with Gasteiger partial charge in [-0.1, -0.05) is 44.2 Å². The van der Waals surface area contributed by atoms with Crippen molar-refractivity contribution in [1.29, 1.82) is 5.41 Å². The molecule has 2 heterocycles. The second-order valence-corrected chi connectivity index (χ2v) is 9.29. The average molecular weight is 474 g/mol. The second-order valence-electron chi connectivity index (χ2n) is 9.29. The minimum Gasteiger partial charge on any atom is -0.374 e. The lowest BCUT2D eigenvalue weighted by molar-refractivity contribution is 0.0797. The number of carbonyl (C=O) groups is 1. The van der Waals surface area contributed by atoms with Crippen LogP contribution in [0.2, 0.25) is 0 Å². The standard InChI is InChI=1S/C27H35N7O/c1-19(2)17-33-14-15-34(26(29-3)23-12-13-30-25(23)28)18-24(33)20-8-7-11-22(16-20)32-27(35)31-21-9-5-4-6-10-21/h4-13,16,19,24,29H,14-15,17-18H2,1-3H3,(H2,28,30)(H2,31,32,35)/b26-23+. The fraction of sp³-hybridized carbons (Fsp3) is 0.333. The van der Waals surface area contributed by atoms with Gasteiger partial charge in [0.2, 0.25) is 0 Å². The third kappa shape index (κ3) is 6.02. The molecule has 0 bridgehead atoms. The van der Waals surface area contributed by atoms with Gasteiger partial charge in [0, 0.05) is 50.8 Å². The highest BCUT2D eigenvalue weighted by molar-refractivity contribution is 6.02. The molecule has 2 aromatic rings. The summed E-state index contributed by atoms with van der Waals surface area (Å²) in [5.41, 5.74) is 3.54. The van der Waals surface area contributed by atoms with Crippen LogP contribution in [0.3, 0.4) is 0 Å². The van der Waals surface area contributed by atoms with E-state index >= 15 is 0 Å². The number of anilines is 2. The van der Waals surface area contributed by atoms with Crippen molar-refractivity contribution in [3.05, 3.63) is 83.8 Å². The molecule has 1 atom stereocenters. The summed E-state index contributed by atoms with van der Waals surface area (Å²) in [5, 5.41) is 20.4. The molecule has 2 aliphatic heterocycles. The Bertz CT molecular complexity index is 1110. The Morgan fingerprint density at radius 1 is 1.09 bits per heavy atom. The maximum absolute atomic E-state index is 12.5. The SMILES string of the molecule is CN/C(=C1/C=CNC1=N)N1CCN(CC(C)C)C(c2cccc(NC(=O)Nc3ccccc3)c2)C1. The van der Waals surface area contributed by atoms with Gasteiger partial charge in [0.05, 0.1) is 11.6 Å². The molecular formula is C27H35N7O. The summed E-state index contributed by atoms with van der Waals surface area (Å²) >= 11 is 0. The average Bonchev–Trinajstić information content (AvgIpc) is 3.26. The third-order valence-electron chi connectivity index (χ3n) is 6.21. The van der Waals surface area contributed by atoms with E-state index in [0.717, 1.165) is 54.5 Å². The maximum atomic E-state index is 12.5. The van der Waals surface area contributed by atoms with Crippen LogP contribution in [0, 0.1) is 11.3 Å². The topological polar surface area (TPSA) is 95.5 Å². The Hall–Kier alpha value is -3.78. The lowest BCUT2D eigenvalue weighted by Crippen LogP contribution is -2.50. The first-order valence-electron chi connectivity index (χ1n) is 12.1. The molecule has 2 aliphatic rings. The monoisotopic (exact) mass is 473 g/mol. The summed E-state index contributed by atoms with van der Waals surface area (Å²) in [7, 11) is 1.91. The van der Waals surface area contributed by atoms with Crippen molar-refractivity contribution < 1.29 is 4.79 Å². The number of hydrogen-bond acceptors (Lipinski definition) is 5. The van der Waals surface area contributed by atoms with Crippen molar-refractivity contribution >= 4 is 23.2 Å². The van der Waals surface area contributed by atoms with E-state index in [1.54, 1.807) is 6.20 Å². The first-order valence-corrected chi connectivity index (χ1v) is 12.1. The van der Waals surface area contributed by atoms with Gasteiger partial charge in [-0.15, -0.1) is 0 Å². The lowest BCUT2D eigenvalue weighted by atomic mass is 9.99. The summed E-state index contributed by atoms with van der Waals surface area (Å²) in [6.07, 6.45) is 3.75. The van der Waals surface area contributed by atoms with Crippen LogP contribution < -0.4 is 21.3 Å². The lowest BCUT2D eigenvalue weighted by Gasteiger charge is -2.44. The molecule has 4 rings (SSSR count). The maximum Gasteiger partial charge on any atom is 0.323 e. The van der Waals surface area contributed by atoms with Gasteiger partial charge in [-0.3, -0.25) is 10.3 Å². The third-order valence-corrected chi connectivity index (χ3v) is 6.21. The Balaban J connectivity index is 1.55. The van der Waals surface area contributed by atoms with Gasteiger partial charge in [0.15, 0.2) is 0 Å². The van der Waals surface area contributed by atoms with E-state index in [4.69, 9.17) is 5.41 Å². The summed E-state index contributed by atoms with van der Waals surface area (Å²) in [4.78, 5) is 17.4. The Kier molecular flexibility index (Phi) is 7.72. The predicted octanol–water partition coefficient (Wildman–Crippen LogP) is 4.17. The van der Waals surface area contributed by atoms with Crippen molar-refractivity contribution in [1.82, 2.24) is 20.4 Å². The van der Waals surface area contributed by atoms with Crippen LogP contribution in [0.1, 0.15) is 25.5 Å². The van der Waals surface area contributed by atoms with Gasteiger partial charge < -0.3 is 26.2 Å². The second kappa shape index (κ2) is 11.1. The fourth-order valence-corrected chi connectivity index (χ4v) is 4.70. The number of para-hydroxylation sites is 1. The molecule has 2 aromatic carbocycles. The zero-order chi connectivity index (χ0) is 24.8. The van der Waals surface area contributed by atoms with Crippen LogP contribution in [0.25, 0.3) is 0 Å². The van der Waals surface area contributed by atoms with Crippen LogP contribution in [0.4, 0.5) is 16.2 Å². The smallest absolute Gasteiger partial charge is 0.323 e. The van der Waals surface area contributed by atoms with Crippen LogP contribution in [-0.2, 0) is 0 Å². The van der Waals surface area contributed by atoms with Crippen LogP contribution in [0.15, 0.2) is 78.3 Å². The fourth-order valence-electron chi connectivity index (χ4n) is 4.70. The Morgan fingerprint density at radius 3 is 2.51 bits per heavy atom. The number of nitrogens with zero attached hydrogens (tertiary/aromatic N) is 2. The molecule has 8 heteroatoms. The summed E-state index contributed by atoms with van der Waals surface area (Å²) < 4.78 is 0. The molecule has 1 fully saturated rings. The van der Waals surface area contributed by atoms with Crippen molar-refractivity contribution in [3.8, 4) is 0 Å². The van der Waals surface area contributed by atoms with Gasteiger partial charge in [-0.25, -0.2) is 4.79 Å². The number of piperazine rings is 1. The van der Waals surface area contributed by atoms with Crippen molar-refractivity contribution in [2.75, 3.05) is 43.9 Å². The number of nitrogens with one attached hydrogen (secondary N) is 5. The molecular weight excluding hydrogens is 438 g/mol. The van der Waals surface area contributed by atoms with E-state index in [-0.39, 0.29) is 12.1 Å². The van der Waals surface area contributed by atoms with Crippen molar-refractivity contribution in [3.63, 3.8) is 0 Å².